The fourth-order valence-corrected chi connectivity index (χ4v) is 2.76. The summed E-state index contributed by atoms with van der Waals surface area (Å²) in [4.78, 5) is 12.0. The van der Waals surface area contributed by atoms with Gasteiger partial charge in [0.15, 0.2) is 0 Å². The van der Waals surface area contributed by atoms with E-state index in [-0.39, 0.29) is 5.82 Å². The first-order chi connectivity index (χ1) is 11.8. The maximum Gasteiger partial charge on any atom is 0.123 e. The highest BCUT2D eigenvalue weighted by atomic mass is 19.1. The van der Waals surface area contributed by atoms with Gasteiger partial charge in [-0.1, -0.05) is 6.07 Å². The third-order valence-electron chi connectivity index (χ3n) is 3.89. The second kappa shape index (κ2) is 6.12. The number of hydrogen-bond acceptors (Lipinski definition) is 2. The van der Waals surface area contributed by atoms with Crippen LogP contribution in [0.3, 0.4) is 0 Å². The zero-order valence-corrected chi connectivity index (χ0v) is 12.9. The average Bonchev–Trinajstić information content (AvgIpc) is 3.26. The van der Waals surface area contributed by atoms with Gasteiger partial charge in [-0.15, -0.1) is 0 Å². The lowest BCUT2D eigenvalue weighted by Crippen LogP contribution is -2.02. The van der Waals surface area contributed by atoms with Gasteiger partial charge in [0, 0.05) is 29.7 Å². The van der Waals surface area contributed by atoms with Gasteiger partial charge in [-0.2, -0.15) is 0 Å². The van der Waals surface area contributed by atoms with Crippen LogP contribution in [0.4, 0.5) is 4.39 Å². The molecule has 0 atom stereocenters. The predicted octanol–water partition coefficient (Wildman–Crippen LogP) is 4.13. The Labute approximate surface area is 138 Å². The van der Waals surface area contributed by atoms with Crippen molar-refractivity contribution in [3.8, 4) is 22.5 Å². The molecule has 0 bridgehead atoms. The van der Waals surface area contributed by atoms with Gasteiger partial charge < -0.3 is 9.55 Å². The van der Waals surface area contributed by atoms with Crippen LogP contribution in [-0.4, -0.2) is 19.5 Å². The Morgan fingerprint density at radius 3 is 2.54 bits per heavy atom. The monoisotopic (exact) mass is 318 g/mol. The van der Waals surface area contributed by atoms with Gasteiger partial charge in [0.25, 0.3) is 0 Å². The highest BCUT2D eigenvalue weighted by molar-refractivity contribution is 5.78. The number of nitrogens with one attached hydrogen (secondary N) is 1. The number of aromatic nitrogens is 4. The fourth-order valence-electron chi connectivity index (χ4n) is 2.76. The Balaban J connectivity index is 1.82. The minimum absolute atomic E-state index is 0.255. The average molecular weight is 318 g/mol. The molecule has 0 spiro atoms. The van der Waals surface area contributed by atoms with E-state index in [1.165, 1.54) is 12.1 Å². The molecule has 4 nitrogen and oxygen atoms in total. The van der Waals surface area contributed by atoms with E-state index in [0.717, 1.165) is 28.2 Å². The molecule has 0 saturated heterocycles. The standard InChI is InChI=1S/C19H15FN4/c20-16-6-4-14(5-7-16)18-19(15-8-10-21-11-15)24(13-23-18)12-17-3-1-2-9-22-17/h1-11,13,21H,12H2. The molecule has 4 aromatic rings. The van der Waals surface area contributed by atoms with Gasteiger partial charge in [-0.05, 0) is 42.5 Å². The smallest absolute Gasteiger partial charge is 0.123 e. The fraction of sp³-hybridized carbons (Fsp3) is 0.0526. The van der Waals surface area contributed by atoms with Crippen molar-refractivity contribution in [1.29, 1.82) is 0 Å². The Morgan fingerprint density at radius 1 is 0.958 bits per heavy atom. The third kappa shape index (κ3) is 2.72. The first-order valence-corrected chi connectivity index (χ1v) is 7.65. The van der Waals surface area contributed by atoms with Crippen LogP contribution in [0.5, 0.6) is 0 Å². The summed E-state index contributed by atoms with van der Waals surface area (Å²) in [6.45, 7) is 0.621. The molecular weight excluding hydrogens is 303 g/mol. The van der Waals surface area contributed by atoms with Crippen molar-refractivity contribution in [2.45, 2.75) is 6.54 Å². The molecule has 0 fully saturated rings. The maximum absolute atomic E-state index is 13.2. The van der Waals surface area contributed by atoms with E-state index in [1.54, 1.807) is 24.7 Å². The van der Waals surface area contributed by atoms with Crippen molar-refractivity contribution in [3.05, 3.63) is 85.0 Å². The summed E-state index contributed by atoms with van der Waals surface area (Å²) < 4.78 is 15.3. The third-order valence-corrected chi connectivity index (χ3v) is 3.89. The molecule has 0 aliphatic rings. The lowest BCUT2D eigenvalue weighted by Gasteiger charge is -2.09. The van der Waals surface area contributed by atoms with E-state index in [0.29, 0.717) is 6.54 Å². The Hall–Kier alpha value is -3.21. The molecule has 0 unspecified atom stereocenters. The van der Waals surface area contributed by atoms with E-state index in [1.807, 2.05) is 36.7 Å². The summed E-state index contributed by atoms with van der Waals surface area (Å²) in [5.74, 6) is -0.255. The molecule has 0 saturated carbocycles. The first-order valence-electron chi connectivity index (χ1n) is 7.65. The molecule has 0 radical (unpaired) electrons. The number of nitrogens with zero attached hydrogens (tertiary/aromatic N) is 3. The lowest BCUT2D eigenvalue weighted by molar-refractivity contribution is 0.628. The molecule has 118 valence electrons. The highest BCUT2D eigenvalue weighted by Crippen LogP contribution is 2.31. The number of imidazole rings is 1. The van der Waals surface area contributed by atoms with Crippen LogP contribution >= 0.6 is 0 Å². The number of pyridine rings is 1. The van der Waals surface area contributed by atoms with Crippen molar-refractivity contribution in [1.82, 2.24) is 19.5 Å². The quantitative estimate of drug-likeness (QED) is 0.615. The molecule has 4 rings (SSSR count). The van der Waals surface area contributed by atoms with Crippen LogP contribution < -0.4 is 0 Å². The van der Waals surface area contributed by atoms with E-state index >= 15 is 0 Å². The maximum atomic E-state index is 13.2. The number of H-pyrrole nitrogens is 1. The SMILES string of the molecule is Fc1ccc(-c2ncn(Cc3ccccn3)c2-c2cc[nH]c2)cc1. The van der Waals surface area contributed by atoms with Crippen LogP contribution in [0.2, 0.25) is 0 Å². The van der Waals surface area contributed by atoms with Gasteiger partial charge in [-0.25, -0.2) is 9.37 Å². The van der Waals surface area contributed by atoms with Crippen LogP contribution in [0, 0.1) is 5.82 Å². The number of hydrogen-bond donors (Lipinski definition) is 1. The molecule has 0 aliphatic heterocycles. The number of rotatable bonds is 4. The highest BCUT2D eigenvalue weighted by Gasteiger charge is 2.16. The zero-order valence-electron chi connectivity index (χ0n) is 12.9. The van der Waals surface area contributed by atoms with Crippen molar-refractivity contribution < 1.29 is 4.39 Å². The van der Waals surface area contributed by atoms with Gasteiger partial charge in [0.05, 0.1) is 30.0 Å². The first kappa shape index (κ1) is 14.4. The molecule has 5 heteroatoms. The van der Waals surface area contributed by atoms with E-state index in [2.05, 4.69) is 19.5 Å². The lowest BCUT2D eigenvalue weighted by atomic mass is 10.1. The van der Waals surface area contributed by atoms with E-state index in [4.69, 9.17) is 0 Å². The molecule has 3 heterocycles. The summed E-state index contributed by atoms with van der Waals surface area (Å²) in [6, 6.07) is 14.3. The van der Waals surface area contributed by atoms with Gasteiger partial charge >= 0.3 is 0 Å². The van der Waals surface area contributed by atoms with E-state index < -0.39 is 0 Å². The number of halogens is 1. The summed E-state index contributed by atoms with van der Waals surface area (Å²) >= 11 is 0. The van der Waals surface area contributed by atoms with Crippen molar-refractivity contribution in [3.63, 3.8) is 0 Å². The second-order valence-electron chi connectivity index (χ2n) is 5.50. The number of benzene rings is 1. The van der Waals surface area contributed by atoms with Crippen LogP contribution in [0.15, 0.2) is 73.4 Å². The minimum atomic E-state index is -0.255. The molecule has 0 amide bonds. The van der Waals surface area contributed by atoms with Crippen molar-refractivity contribution in [2.75, 3.05) is 0 Å². The van der Waals surface area contributed by atoms with Crippen LogP contribution in [0.1, 0.15) is 5.69 Å². The minimum Gasteiger partial charge on any atom is -0.367 e. The van der Waals surface area contributed by atoms with Crippen molar-refractivity contribution in [2.24, 2.45) is 0 Å². The van der Waals surface area contributed by atoms with Gasteiger partial charge in [0.1, 0.15) is 5.82 Å². The van der Waals surface area contributed by atoms with Crippen LogP contribution in [-0.2, 0) is 6.54 Å². The summed E-state index contributed by atoms with van der Waals surface area (Å²) in [5, 5.41) is 0. The summed E-state index contributed by atoms with van der Waals surface area (Å²) in [5.41, 5.74) is 4.67. The summed E-state index contributed by atoms with van der Waals surface area (Å²) in [6.07, 6.45) is 7.39. The van der Waals surface area contributed by atoms with E-state index in [9.17, 15) is 4.39 Å². The molecule has 3 aromatic heterocycles. The second-order valence-corrected chi connectivity index (χ2v) is 5.50. The van der Waals surface area contributed by atoms with Gasteiger partial charge in [0.2, 0.25) is 0 Å². The Kier molecular flexibility index (Phi) is 3.67. The van der Waals surface area contributed by atoms with Crippen molar-refractivity contribution >= 4 is 0 Å². The molecule has 0 aliphatic carbocycles. The van der Waals surface area contributed by atoms with Gasteiger partial charge in [-0.3, -0.25) is 4.98 Å². The molecular formula is C19H15FN4. The van der Waals surface area contributed by atoms with Crippen LogP contribution in [0.25, 0.3) is 22.5 Å². The predicted molar refractivity (Wildman–Crippen MR) is 90.7 cm³/mol. The molecule has 1 aromatic carbocycles. The molecule has 24 heavy (non-hydrogen) atoms. The summed E-state index contributed by atoms with van der Waals surface area (Å²) in [7, 11) is 0. The largest absolute Gasteiger partial charge is 0.367 e. The normalized spacial score (nSPS) is 10.9. The topological polar surface area (TPSA) is 46.5 Å². The Bertz CT molecular complexity index is 925. The zero-order chi connectivity index (χ0) is 16.4. The number of aromatic amines is 1. The Morgan fingerprint density at radius 2 is 1.83 bits per heavy atom. The molecule has 1 N–H and O–H groups in total.